The lowest BCUT2D eigenvalue weighted by Gasteiger charge is -2.42. The van der Waals surface area contributed by atoms with Crippen LogP contribution in [-0.4, -0.2) is 11.3 Å². The first-order valence-electron chi connectivity index (χ1n) is 6.42. The molecule has 120 valence electrons. The molecule has 0 radical (unpaired) electrons. The van der Waals surface area contributed by atoms with Crippen molar-refractivity contribution in [2.45, 2.75) is 37.2 Å². The molecule has 0 saturated heterocycles. The Hall–Kier alpha value is -1.75. The van der Waals surface area contributed by atoms with Gasteiger partial charge in [-0.1, -0.05) is 12.5 Å². The fourth-order valence-electron chi connectivity index (χ4n) is 2.57. The van der Waals surface area contributed by atoms with E-state index >= 15 is 0 Å². The average molecular weight is 323 g/mol. The van der Waals surface area contributed by atoms with Gasteiger partial charge in [-0.3, -0.25) is 0 Å². The molecule has 0 bridgehead atoms. The van der Waals surface area contributed by atoms with E-state index in [0.29, 0.717) is 12.5 Å². The molecule has 0 aromatic heterocycles. The maximum atomic E-state index is 13.3. The fraction of sp³-hybridized carbons (Fsp3) is 0.500. The lowest BCUT2D eigenvalue weighted by atomic mass is 9.69. The fourth-order valence-corrected chi connectivity index (χ4v) is 2.57. The number of nitrogens with zero attached hydrogens (tertiary/aromatic N) is 1. The molecular weight excluding hydrogens is 312 g/mol. The molecule has 22 heavy (non-hydrogen) atoms. The minimum Gasteiger partial charge on any atom is -0.376 e. The number of rotatable bonds is 2. The average Bonchev–Trinajstić information content (AvgIpc) is 2.33. The van der Waals surface area contributed by atoms with Crippen LogP contribution in [0.15, 0.2) is 18.2 Å². The second-order valence-corrected chi connectivity index (χ2v) is 5.26. The third kappa shape index (κ3) is 2.54. The molecule has 0 heterocycles. The minimum absolute atomic E-state index is 0.0807. The van der Waals surface area contributed by atoms with Gasteiger partial charge in [-0.2, -0.15) is 31.6 Å². The molecule has 0 spiro atoms. The molecule has 0 amide bonds. The zero-order chi connectivity index (χ0) is 16.8. The van der Waals surface area contributed by atoms with Crippen LogP contribution in [0.2, 0.25) is 0 Å². The normalized spacial score (nSPS) is 19.2. The summed E-state index contributed by atoms with van der Waals surface area (Å²) in [6, 6.07) is 2.92. The summed E-state index contributed by atoms with van der Waals surface area (Å²) in [7, 11) is 0. The van der Waals surface area contributed by atoms with Crippen molar-refractivity contribution >= 4 is 0 Å². The predicted octanol–water partition coefficient (Wildman–Crippen LogP) is 4.13. The zero-order valence-corrected chi connectivity index (χ0v) is 11.1. The molecule has 1 aromatic rings. The van der Waals surface area contributed by atoms with Crippen LogP contribution in [0.5, 0.6) is 0 Å². The Labute approximate surface area is 122 Å². The van der Waals surface area contributed by atoms with Crippen molar-refractivity contribution in [1.82, 2.24) is 0 Å². The number of alkyl halides is 6. The van der Waals surface area contributed by atoms with Gasteiger partial charge in [0.15, 0.2) is 5.60 Å². The zero-order valence-electron chi connectivity index (χ0n) is 11.1. The molecule has 2 nitrogen and oxygen atoms in total. The topological polar surface area (TPSA) is 44.0 Å². The highest BCUT2D eigenvalue weighted by molar-refractivity contribution is 5.44. The number of hydrogen-bond acceptors (Lipinski definition) is 2. The van der Waals surface area contributed by atoms with Crippen molar-refractivity contribution in [1.29, 1.82) is 5.26 Å². The van der Waals surface area contributed by atoms with Crippen molar-refractivity contribution in [3.63, 3.8) is 0 Å². The smallest absolute Gasteiger partial charge is 0.376 e. The van der Waals surface area contributed by atoms with Gasteiger partial charge in [-0.05, 0) is 30.5 Å². The van der Waals surface area contributed by atoms with E-state index in [-0.39, 0.29) is 18.9 Å². The summed E-state index contributed by atoms with van der Waals surface area (Å²) in [5.41, 5.74) is -6.47. The first-order chi connectivity index (χ1) is 10.0. The SMILES string of the molecule is N#Cc1ccc(C(O)(C2CCC2)C(F)(F)F)cc1C(F)(F)F. The highest BCUT2D eigenvalue weighted by Gasteiger charge is 2.61. The number of hydrogen-bond donors (Lipinski definition) is 1. The molecule has 1 aromatic carbocycles. The molecule has 2 rings (SSSR count). The van der Waals surface area contributed by atoms with Gasteiger partial charge in [0.2, 0.25) is 0 Å². The van der Waals surface area contributed by atoms with Gasteiger partial charge in [0.1, 0.15) is 0 Å². The molecule has 0 aliphatic heterocycles. The maximum absolute atomic E-state index is 13.3. The molecule has 8 heteroatoms. The molecule has 1 N–H and O–H groups in total. The van der Waals surface area contributed by atoms with Gasteiger partial charge in [-0.25, -0.2) is 0 Å². The van der Waals surface area contributed by atoms with E-state index in [1.807, 2.05) is 0 Å². The van der Waals surface area contributed by atoms with E-state index in [0.717, 1.165) is 6.07 Å². The lowest BCUT2D eigenvalue weighted by molar-refractivity contribution is -0.295. The van der Waals surface area contributed by atoms with E-state index in [2.05, 4.69) is 0 Å². The third-order valence-corrected chi connectivity index (χ3v) is 4.01. The summed E-state index contributed by atoms with van der Waals surface area (Å²) in [4.78, 5) is 0. The predicted molar refractivity (Wildman–Crippen MR) is 63.5 cm³/mol. The van der Waals surface area contributed by atoms with Crippen LogP contribution in [-0.2, 0) is 11.8 Å². The molecular formula is C14H11F6NO. The summed E-state index contributed by atoms with van der Waals surface area (Å²) in [6.07, 6.45) is -9.44. The van der Waals surface area contributed by atoms with E-state index in [4.69, 9.17) is 5.26 Å². The maximum Gasteiger partial charge on any atom is 0.421 e. The summed E-state index contributed by atoms with van der Waals surface area (Å²) in [5, 5.41) is 18.8. The monoisotopic (exact) mass is 323 g/mol. The summed E-state index contributed by atoms with van der Waals surface area (Å²) < 4.78 is 78.5. The highest BCUT2D eigenvalue weighted by atomic mass is 19.4. The Morgan fingerprint density at radius 2 is 1.68 bits per heavy atom. The molecule has 1 atom stereocenters. The molecule has 1 unspecified atom stereocenters. The van der Waals surface area contributed by atoms with Gasteiger partial charge >= 0.3 is 12.4 Å². The van der Waals surface area contributed by atoms with Crippen LogP contribution in [0, 0.1) is 17.2 Å². The van der Waals surface area contributed by atoms with Crippen LogP contribution in [0.4, 0.5) is 26.3 Å². The van der Waals surface area contributed by atoms with Crippen LogP contribution >= 0.6 is 0 Å². The largest absolute Gasteiger partial charge is 0.421 e. The Morgan fingerprint density at radius 1 is 1.09 bits per heavy atom. The molecule has 1 saturated carbocycles. The summed E-state index contributed by atoms with van der Waals surface area (Å²) in [6.45, 7) is 0. The van der Waals surface area contributed by atoms with Gasteiger partial charge in [0.25, 0.3) is 0 Å². The van der Waals surface area contributed by atoms with Crippen LogP contribution in [0.25, 0.3) is 0 Å². The minimum atomic E-state index is -5.10. The van der Waals surface area contributed by atoms with E-state index < -0.39 is 40.6 Å². The molecule has 1 aliphatic rings. The van der Waals surface area contributed by atoms with Crippen LogP contribution in [0.1, 0.15) is 36.0 Å². The first kappa shape index (κ1) is 16.6. The van der Waals surface area contributed by atoms with E-state index in [9.17, 15) is 31.4 Å². The number of aliphatic hydroxyl groups is 1. The van der Waals surface area contributed by atoms with Crippen molar-refractivity contribution in [3.05, 3.63) is 34.9 Å². The second kappa shape index (κ2) is 5.16. The Morgan fingerprint density at radius 3 is 2.05 bits per heavy atom. The summed E-state index contributed by atoms with van der Waals surface area (Å²) >= 11 is 0. The Balaban J connectivity index is 2.62. The van der Waals surface area contributed by atoms with Crippen molar-refractivity contribution < 1.29 is 31.4 Å². The standard InChI is InChI=1S/C14H11F6NO/c15-13(16,17)11-6-10(5-4-8(11)7-21)12(22,14(18,19)20)9-2-1-3-9/h4-6,9,22H,1-3H2. The number of benzene rings is 1. The number of nitriles is 1. The van der Waals surface area contributed by atoms with Gasteiger partial charge in [0, 0.05) is 5.92 Å². The first-order valence-corrected chi connectivity index (χ1v) is 6.42. The van der Waals surface area contributed by atoms with Crippen molar-refractivity contribution in [2.24, 2.45) is 5.92 Å². The second-order valence-electron chi connectivity index (χ2n) is 5.26. The quantitative estimate of drug-likeness (QED) is 0.832. The Bertz CT molecular complexity index is 611. The van der Waals surface area contributed by atoms with Crippen molar-refractivity contribution in [3.8, 4) is 6.07 Å². The third-order valence-electron chi connectivity index (χ3n) is 4.01. The van der Waals surface area contributed by atoms with E-state index in [1.54, 1.807) is 0 Å². The van der Waals surface area contributed by atoms with Gasteiger partial charge in [0.05, 0.1) is 17.2 Å². The van der Waals surface area contributed by atoms with Gasteiger partial charge in [-0.15, -0.1) is 0 Å². The highest BCUT2D eigenvalue weighted by Crippen LogP contribution is 2.52. The Kier molecular flexibility index (Phi) is 3.90. The van der Waals surface area contributed by atoms with Crippen molar-refractivity contribution in [2.75, 3.05) is 0 Å². The summed E-state index contributed by atoms with van der Waals surface area (Å²) in [5.74, 6) is -1.18. The number of halogens is 6. The van der Waals surface area contributed by atoms with Crippen LogP contribution < -0.4 is 0 Å². The molecule has 1 aliphatic carbocycles. The lowest BCUT2D eigenvalue weighted by Crippen LogP contribution is -2.51. The van der Waals surface area contributed by atoms with E-state index in [1.165, 1.54) is 6.07 Å². The molecule has 1 fully saturated rings. The van der Waals surface area contributed by atoms with Crippen LogP contribution in [0.3, 0.4) is 0 Å². The van der Waals surface area contributed by atoms with Gasteiger partial charge < -0.3 is 5.11 Å².